The van der Waals surface area contributed by atoms with Gasteiger partial charge in [0.15, 0.2) is 0 Å². The van der Waals surface area contributed by atoms with Crippen LogP contribution in [0.1, 0.15) is 31.0 Å². The van der Waals surface area contributed by atoms with E-state index in [0.717, 1.165) is 0 Å². The first-order valence-corrected chi connectivity index (χ1v) is 11.9. The van der Waals surface area contributed by atoms with E-state index >= 15 is 0 Å². The molecule has 37 heavy (non-hydrogen) atoms. The summed E-state index contributed by atoms with van der Waals surface area (Å²) >= 11 is 0. The Bertz CT molecular complexity index is 1090. The largest absolute Gasteiger partial charge is 0.508 e. The van der Waals surface area contributed by atoms with Crippen LogP contribution >= 0.6 is 0 Å². The maximum atomic E-state index is 13.3. The Morgan fingerprint density at radius 1 is 1.19 bits per heavy atom. The fourth-order valence-corrected chi connectivity index (χ4v) is 4.19. The van der Waals surface area contributed by atoms with E-state index in [1.54, 1.807) is 12.1 Å². The number of carboxylic acids is 1. The molecule has 1 fully saturated rings. The Labute approximate surface area is 213 Å². The number of aromatic hydroxyl groups is 1. The maximum Gasteiger partial charge on any atom is 0.326 e. The zero-order valence-corrected chi connectivity index (χ0v) is 20.3. The average molecular weight is 517 g/mol. The van der Waals surface area contributed by atoms with Crippen LogP contribution in [0.15, 0.2) is 36.8 Å². The Balaban J connectivity index is 1.65. The Morgan fingerprint density at radius 2 is 1.89 bits per heavy atom. The molecule has 200 valence electrons. The summed E-state index contributed by atoms with van der Waals surface area (Å²) in [6.45, 7) is 1.54. The molecule has 1 aliphatic rings. The number of nitrogens with zero attached hydrogens (tertiary/aromatic N) is 2. The number of aromatic nitrogens is 2. The lowest BCUT2D eigenvalue weighted by molar-refractivity contribution is -0.146. The molecule has 2 aromatic rings. The molecule has 5 atom stereocenters. The molecule has 0 radical (unpaired) electrons. The van der Waals surface area contributed by atoms with Crippen molar-refractivity contribution in [2.75, 3.05) is 6.54 Å². The van der Waals surface area contributed by atoms with Crippen LogP contribution in [-0.2, 0) is 32.0 Å². The van der Waals surface area contributed by atoms with Gasteiger partial charge in [0.1, 0.15) is 23.9 Å². The highest BCUT2D eigenvalue weighted by Gasteiger charge is 2.40. The highest BCUT2D eigenvalue weighted by molar-refractivity contribution is 5.94. The van der Waals surface area contributed by atoms with Crippen molar-refractivity contribution in [3.63, 3.8) is 0 Å². The Kier molecular flexibility index (Phi) is 9.20. The molecule has 1 aromatic carbocycles. The lowest BCUT2D eigenvalue weighted by Crippen LogP contribution is -2.59. The Morgan fingerprint density at radius 3 is 2.49 bits per heavy atom. The second kappa shape index (κ2) is 12.3. The van der Waals surface area contributed by atoms with Crippen molar-refractivity contribution in [2.45, 2.75) is 62.9 Å². The lowest BCUT2D eigenvalue weighted by atomic mass is 10.0. The minimum Gasteiger partial charge on any atom is -0.508 e. The summed E-state index contributed by atoms with van der Waals surface area (Å²) in [6, 6.07) is 1.57. The number of nitrogens with two attached hydrogens (primary N) is 1. The zero-order chi connectivity index (χ0) is 27.1. The number of rotatable bonds is 11. The molecule has 13 heteroatoms. The number of imidazole rings is 1. The van der Waals surface area contributed by atoms with Gasteiger partial charge in [-0.2, -0.15) is 0 Å². The number of hydrogen-bond donors (Lipinski definition) is 7. The van der Waals surface area contributed by atoms with E-state index in [-0.39, 0.29) is 25.1 Å². The number of nitrogens with one attached hydrogen (secondary N) is 3. The smallest absolute Gasteiger partial charge is 0.326 e. The molecule has 1 aliphatic heterocycles. The van der Waals surface area contributed by atoms with Crippen molar-refractivity contribution in [3.05, 3.63) is 48.0 Å². The van der Waals surface area contributed by atoms with E-state index < -0.39 is 54.0 Å². The van der Waals surface area contributed by atoms with Gasteiger partial charge in [0.05, 0.1) is 18.5 Å². The number of phenolic OH excluding ortho intramolecular Hbond substituents is 1. The molecule has 0 spiro atoms. The molecule has 3 amide bonds. The van der Waals surface area contributed by atoms with Crippen LogP contribution in [0.2, 0.25) is 0 Å². The van der Waals surface area contributed by atoms with Gasteiger partial charge < -0.3 is 41.6 Å². The van der Waals surface area contributed by atoms with Gasteiger partial charge in [-0.1, -0.05) is 12.1 Å². The first-order chi connectivity index (χ1) is 17.6. The van der Waals surface area contributed by atoms with Crippen molar-refractivity contribution in [2.24, 2.45) is 5.73 Å². The third-order valence-corrected chi connectivity index (χ3v) is 6.21. The van der Waals surface area contributed by atoms with Gasteiger partial charge in [-0.3, -0.25) is 14.4 Å². The van der Waals surface area contributed by atoms with E-state index in [0.29, 0.717) is 24.1 Å². The van der Waals surface area contributed by atoms with Crippen molar-refractivity contribution in [3.8, 4) is 5.75 Å². The monoisotopic (exact) mass is 516 g/mol. The van der Waals surface area contributed by atoms with Crippen LogP contribution in [0.3, 0.4) is 0 Å². The molecule has 3 rings (SSSR count). The fraction of sp³-hybridized carbons (Fsp3) is 0.458. The normalized spacial score (nSPS) is 18.5. The van der Waals surface area contributed by atoms with Crippen molar-refractivity contribution in [1.82, 2.24) is 25.5 Å². The molecule has 5 unspecified atom stereocenters. The predicted octanol–water partition coefficient (Wildman–Crippen LogP) is -1.35. The van der Waals surface area contributed by atoms with Crippen LogP contribution in [0.5, 0.6) is 5.75 Å². The highest BCUT2D eigenvalue weighted by atomic mass is 16.4. The second-order valence-corrected chi connectivity index (χ2v) is 9.07. The minimum atomic E-state index is -1.35. The van der Waals surface area contributed by atoms with E-state index in [9.17, 15) is 34.5 Å². The van der Waals surface area contributed by atoms with Crippen LogP contribution in [0, 0.1) is 0 Å². The van der Waals surface area contributed by atoms with Crippen molar-refractivity contribution >= 4 is 23.7 Å². The van der Waals surface area contributed by atoms with Crippen LogP contribution in [-0.4, -0.2) is 90.7 Å². The summed E-state index contributed by atoms with van der Waals surface area (Å²) in [6.07, 6.45) is 2.47. The van der Waals surface area contributed by atoms with Crippen molar-refractivity contribution in [1.29, 1.82) is 0 Å². The van der Waals surface area contributed by atoms with Gasteiger partial charge in [0, 0.05) is 24.9 Å². The second-order valence-electron chi connectivity index (χ2n) is 9.07. The number of aliphatic hydroxyl groups excluding tert-OH is 1. The van der Waals surface area contributed by atoms with Crippen LogP contribution in [0.4, 0.5) is 0 Å². The SMILES string of the molecule is CC(O)C(NC(=O)C(N)Cc1ccc(O)cc1)C(=O)N1CCCC1C(=O)NC(Cc1cnc[nH]1)C(=O)O. The molecule has 1 aromatic heterocycles. The number of carboxylic acid groups (broad SMARTS) is 1. The van der Waals surface area contributed by atoms with Crippen LogP contribution in [0.25, 0.3) is 0 Å². The number of aliphatic carboxylic acids is 1. The number of hydrogen-bond acceptors (Lipinski definition) is 8. The van der Waals surface area contributed by atoms with Crippen LogP contribution < -0.4 is 16.4 Å². The first kappa shape index (κ1) is 27.6. The maximum absolute atomic E-state index is 13.3. The van der Waals surface area contributed by atoms with Gasteiger partial charge in [-0.15, -0.1) is 0 Å². The molecule has 0 bridgehead atoms. The number of phenols is 1. The molecule has 1 saturated heterocycles. The summed E-state index contributed by atoms with van der Waals surface area (Å²) in [5.41, 5.74) is 7.21. The molecule has 13 nitrogen and oxygen atoms in total. The number of amides is 3. The number of carbonyl (C=O) groups excluding carboxylic acids is 3. The van der Waals surface area contributed by atoms with Gasteiger partial charge in [0.25, 0.3) is 0 Å². The summed E-state index contributed by atoms with van der Waals surface area (Å²) in [7, 11) is 0. The van der Waals surface area contributed by atoms with E-state index in [1.807, 2.05) is 0 Å². The summed E-state index contributed by atoms with van der Waals surface area (Å²) < 4.78 is 0. The van der Waals surface area contributed by atoms with Crippen molar-refractivity contribution < 1.29 is 34.5 Å². The number of aliphatic hydroxyl groups is 1. The summed E-state index contributed by atoms with van der Waals surface area (Å²) in [4.78, 5) is 58.5. The number of likely N-dealkylation sites (tertiary alicyclic amines) is 1. The van der Waals surface area contributed by atoms with Gasteiger partial charge in [-0.25, -0.2) is 9.78 Å². The van der Waals surface area contributed by atoms with E-state index in [4.69, 9.17) is 5.73 Å². The predicted molar refractivity (Wildman–Crippen MR) is 130 cm³/mol. The molecule has 2 heterocycles. The van der Waals surface area contributed by atoms with Gasteiger partial charge in [-0.05, 0) is 43.9 Å². The summed E-state index contributed by atoms with van der Waals surface area (Å²) in [5, 5.41) is 34.1. The number of aromatic amines is 1. The third kappa shape index (κ3) is 7.27. The van der Waals surface area contributed by atoms with E-state index in [2.05, 4.69) is 20.6 Å². The number of H-pyrrole nitrogens is 1. The van der Waals surface area contributed by atoms with Gasteiger partial charge >= 0.3 is 5.97 Å². The molecular weight excluding hydrogens is 484 g/mol. The molecule has 0 aliphatic carbocycles. The van der Waals surface area contributed by atoms with Gasteiger partial charge in [0.2, 0.25) is 17.7 Å². The summed E-state index contributed by atoms with van der Waals surface area (Å²) in [5.74, 6) is -3.15. The quantitative estimate of drug-likeness (QED) is 0.188. The number of carbonyl (C=O) groups is 4. The third-order valence-electron chi connectivity index (χ3n) is 6.21. The van der Waals surface area contributed by atoms with E-state index in [1.165, 1.54) is 36.5 Å². The lowest BCUT2D eigenvalue weighted by Gasteiger charge is -2.31. The topological polar surface area (TPSA) is 211 Å². The zero-order valence-electron chi connectivity index (χ0n) is 20.3. The average Bonchev–Trinajstić information content (AvgIpc) is 3.55. The molecule has 0 saturated carbocycles. The minimum absolute atomic E-state index is 0.0208. The number of benzene rings is 1. The molecular formula is C24H32N6O7. The first-order valence-electron chi connectivity index (χ1n) is 11.9. The highest BCUT2D eigenvalue weighted by Crippen LogP contribution is 2.20. The molecule has 8 N–H and O–H groups in total. The fourth-order valence-electron chi connectivity index (χ4n) is 4.19. The standard InChI is InChI=1S/C24H32N6O7/c1-13(31)20(29-21(33)17(25)9-14-4-6-16(32)7-5-14)23(35)30-8-2-3-19(30)22(34)28-18(24(36)37)10-15-11-26-12-27-15/h4-7,11-13,17-20,31-32H,2-3,8-10,25H2,1H3,(H,26,27)(H,28,34)(H,29,33)(H,36,37). The Hall–Kier alpha value is -3.97.